The van der Waals surface area contributed by atoms with Gasteiger partial charge in [-0.2, -0.15) is 5.26 Å². The van der Waals surface area contributed by atoms with E-state index in [-0.39, 0.29) is 5.91 Å². The van der Waals surface area contributed by atoms with Gasteiger partial charge in [0.25, 0.3) is 5.91 Å². The van der Waals surface area contributed by atoms with Crippen LogP contribution >= 0.6 is 15.9 Å². The predicted octanol–water partition coefficient (Wildman–Crippen LogP) is 2.25. The molecule has 1 aromatic rings. The molecular weight excluding hydrogens is 296 g/mol. The summed E-state index contributed by atoms with van der Waals surface area (Å²) in [5.41, 5.74) is -0.247. The molecule has 0 aliphatic carbocycles. The van der Waals surface area contributed by atoms with Gasteiger partial charge in [-0.1, -0.05) is 22.0 Å². The number of halogens is 1. The topological polar surface area (TPSA) is 62.1 Å². The highest BCUT2D eigenvalue weighted by Gasteiger charge is 2.34. The fourth-order valence-corrected chi connectivity index (χ4v) is 2.30. The Kier molecular flexibility index (Phi) is 4.00. The average molecular weight is 309 g/mol. The van der Waals surface area contributed by atoms with Crippen molar-refractivity contribution < 1.29 is 9.53 Å². The average Bonchev–Trinajstić information content (AvgIpc) is 2.40. The summed E-state index contributed by atoms with van der Waals surface area (Å²) in [5, 5.41) is 12.1. The van der Waals surface area contributed by atoms with Crippen LogP contribution in [0.15, 0.2) is 28.7 Å². The first-order chi connectivity index (χ1) is 8.65. The van der Waals surface area contributed by atoms with Gasteiger partial charge in [-0.05, 0) is 18.2 Å². The summed E-state index contributed by atoms with van der Waals surface area (Å²) >= 11 is 3.32. The molecule has 18 heavy (non-hydrogen) atoms. The molecule has 0 spiro atoms. The standard InChI is InChI=1S/C13H13BrN2O2/c14-11-3-1-2-10(8-11)12(17)16-13(9-15)4-6-18-7-5-13/h1-3,8H,4-7H2,(H,16,17). The quantitative estimate of drug-likeness (QED) is 0.911. The van der Waals surface area contributed by atoms with Gasteiger partial charge in [0, 0.05) is 36.1 Å². The van der Waals surface area contributed by atoms with Crippen LogP contribution in [0.25, 0.3) is 0 Å². The Morgan fingerprint density at radius 2 is 2.17 bits per heavy atom. The third kappa shape index (κ3) is 2.89. The second-order valence-electron chi connectivity index (χ2n) is 4.27. The minimum absolute atomic E-state index is 0.222. The number of nitrogens with zero attached hydrogens (tertiary/aromatic N) is 1. The lowest BCUT2D eigenvalue weighted by atomic mass is 9.91. The second kappa shape index (κ2) is 5.51. The number of nitriles is 1. The molecular formula is C13H13BrN2O2. The molecule has 2 rings (SSSR count). The molecule has 94 valence electrons. The lowest BCUT2D eigenvalue weighted by Gasteiger charge is -2.31. The maximum atomic E-state index is 12.1. The highest BCUT2D eigenvalue weighted by Crippen LogP contribution is 2.21. The van der Waals surface area contributed by atoms with E-state index < -0.39 is 5.54 Å². The van der Waals surface area contributed by atoms with Crippen LogP contribution in [0.1, 0.15) is 23.2 Å². The predicted molar refractivity (Wildman–Crippen MR) is 70.0 cm³/mol. The van der Waals surface area contributed by atoms with Gasteiger partial charge in [-0.15, -0.1) is 0 Å². The van der Waals surface area contributed by atoms with E-state index in [0.29, 0.717) is 31.6 Å². The first-order valence-corrected chi connectivity index (χ1v) is 6.52. The summed E-state index contributed by atoms with van der Waals surface area (Å²) < 4.78 is 6.06. The minimum atomic E-state index is -0.794. The molecule has 0 aromatic heterocycles. The summed E-state index contributed by atoms with van der Waals surface area (Å²) in [5.74, 6) is -0.222. The van der Waals surface area contributed by atoms with Crippen molar-refractivity contribution in [1.29, 1.82) is 5.26 Å². The smallest absolute Gasteiger partial charge is 0.252 e. The number of hydrogen-bond donors (Lipinski definition) is 1. The van der Waals surface area contributed by atoms with E-state index in [1.54, 1.807) is 18.2 Å². The molecule has 1 saturated heterocycles. The summed E-state index contributed by atoms with van der Waals surface area (Å²) in [6.45, 7) is 1.01. The molecule has 5 heteroatoms. The number of carbonyl (C=O) groups is 1. The van der Waals surface area contributed by atoms with Crippen molar-refractivity contribution in [2.24, 2.45) is 0 Å². The number of nitrogens with one attached hydrogen (secondary N) is 1. The maximum absolute atomic E-state index is 12.1. The molecule has 4 nitrogen and oxygen atoms in total. The molecule has 0 unspecified atom stereocenters. The van der Waals surface area contributed by atoms with Gasteiger partial charge in [-0.25, -0.2) is 0 Å². The molecule has 1 aliphatic rings. The van der Waals surface area contributed by atoms with Crippen LogP contribution in [0.4, 0.5) is 0 Å². The van der Waals surface area contributed by atoms with Crippen molar-refractivity contribution in [3.05, 3.63) is 34.3 Å². The summed E-state index contributed by atoms with van der Waals surface area (Å²) in [6, 6.07) is 9.32. The van der Waals surface area contributed by atoms with Gasteiger partial charge >= 0.3 is 0 Å². The van der Waals surface area contributed by atoms with Crippen LogP contribution in [-0.2, 0) is 4.74 Å². The lowest BCUT2D eigenvalue weighted by molar-refractivity contribution is 0.0531. The van der Waals surface area contributed by atoms with Gasteiger partial charge in [0.05, 0.1) is 6.07 Å². The number of hydrogen-bond acceptors (Lipinski definition) is 3. The van der Waals surface area contributed by atoms with Crippen LogP contribution in [0, 0.1) is 11.3 Å². The SMILES string of the molecule is N#CC1(NC(=O)c2cccc(Br)c2)CCOCC1. The molecule has 1 fully saturated rings. The minimum Gasteiger partial charge on any atom is -0.381 e. The van der Waals surface area contributed by atoms with E-state index in [1.807, 2.05) is 6.07 Å². The Morgan fingerprint density at radius 3 is 2.78 bits per heavy atom. The highest BCUT2D eigenvalue weighted by molar-refractivity contribution is 9.10. The Hall–Kier alpha value is -1.38. The fraction of sp³-hybridized carbons (Fsp3) is 0.385. The second-order valence-corrected chi connectivity index (χ2v) is 5.19. The van der Waals surface area contributed by atoms with Crippen molar-refractivity contribution in [1.82, 2.24) is 5.32 Å². The zero-order valence-electron chi connectivity index (χ0n) is 9.78. The van der Waals surface area contributed by atoms with Gasteiger partial charge in [0.2, 0.25) is 0 Å². The van der Waals surface area contributed by atoms with Gasteiger partial charge < -0.3 is 10.1 Å². The van der Waals surface area contributed by atoms with Crippen molar-refractivity contribution in [3.8, 4) is 6.07 Å². The van der Waals surface area contributed by atoms with Crippen molar-refractivity contribution in [3.63, 3.8) is 0 Å². The largest absolute Gasteiger partial charge is 0.381 e. The molecule has 1 heterocycles. The van der Waals surface area contributed by atoms with Gasteiger partial charge in [0.15, 0.2) is 0 Å². The van der Waals surface area contributed by atoms with Gasteiger partial charge in [0.1, 0.15) is 5.54 Å². The van der Waals surface area contributed by atoms with Crippen molar-refractivity contribution >= 4 is 21.8 Å². The van der Waals surface area contributed by atoms with Crippen LogP contribution in [0.2, 0.25) is 0 Å². The number of carbonyl (C=O) groups excluding carboxylic acids is 1. The maximum Gasteiger partial charge on any atom is 0.252 e. The molecule has 0 saturated carbocycles. The highest BCUT2D eigenvalue weighted by atomic mass is 79.9. The molecule has 1 aromatic carbocycles. The lowest BCUT2D eigenvalue weighted by Crippen LogP contribution is -2.50. The van der Waals surface area contributed by atoms with Crippen LogP contribution in [0.3, 0.4) is 0 Å². The Labute approximate surface area is 114 Å². The van der Waals surface area contributed by atoms with E-state index in [1.165, 1.54) is 0 Å². The molecule has 1 aliphatic heterocycles. The van der Waals surface area contributed by atoms with E-state index in [4.69, 9.17) is 4.74 Å². The summed E-state index contributed by atoms with van der Waals surface area (Å²) in [7, 11) is 0. The van der Waals surface area contributed by atoms with E-state index in [9.17, 15) is 10.1 Å². The molecule has 0 bridgehead atoms. The third-order valence-corrected chi connectivity index (χ3v) is 3.49. The monoisotopic (exact) mass is 308 g/mol. The first kappa shape index (κ1) is 13.1. The molecule has 1 amide bonds. The van der Waals surface area contributed by atoms with Crippen LogP contribution in [0.5, 0.6) is 0 Å². The van der Waals surface area contributed by atoms with Crippen molar-refractivity contribution in [2.45, 2.75) is 18.4 Å². The third-order valence-electron chi connectivity index (χ3n) is 3.00. The number of benzene rings is 1. The Morgan fingerprint density at radius 1 is 1.44 bits per heavy atom. The zero-order chi connectivity index (χ0) is 13.0. The Balaban J connectivity index is 2.13. The fourth-order valence-electron chi connectivity index (χ4n) is 1.90. The van der Waals surface area contributed by atoms with Crippen LogP contribution in [-0.4, -0.2) is 24.7 Å². The van der Waals surface area contributed by atoms with Gasteiger partial charge in [-0.3, -0.25) is 4.79 Å². The first-order valence-electron chi connectivity index (χ1n) is 5.72. The number of rotatable bonds is 2. The normalized spacial score (nSPS) is 17.8. The molecule has 1 N–H and O–H groups in total. The Bertz CT molecular complexity index is 490. The molecule has 0 radical (unpaired) electrons. The van der Waals surface area contributed by atoms with E-state index >= 15 is 0 Å². The summed E-state index contributed by atoms with van der Waals surface area (Å²) in [4.78, 5) is 12.1. The number of ether oxygens (including phenoxy) is 1. The summed E-state index contributed by atoms with van der Waals surface area (Å²) in [6.07, 6.45) is 1.06. The van der Waals surface area contributed by atoms with E-state index in [0.717, 1.165) is 4.47 Å². The van der Waals surface area contributed by atoms with E-state index in [2.05, 4.69) is 27.3 Å². The van der Waals surface area contributed by atoms with Crippen LogP contribution < -0.4 is 5.32 Å². The van der Waals surface area contributed by atoms with Crippen molar-refractivity contribution in [2.75, 3.05) is 13.2 Å². The number of amides is 1. The zero-order valence-corrected chi connectivity index (χ0v) is 11.4. The molecule has 0 atom stereocenters.